The summed E-state index contributed by atoms with van der Waals surface area (Å²) in [6, 6.07) is 0.787. The molecule has 0 saturated heterocycles. The lowest BCUT2D eigenvalue weighted by atomic mass is 9.84. The summed E-state index contributed by atoms with van der Waals surface area (Å²) in [5.41, 5.74) is 0. The van der Waals surface area contributed by atoms with Crippen molar-refractivity contribution >= 4 is 0 Å². The average molecular weight is 225 g/mol. The molecule has 3 heteroatoms. The highest BCUT2D eigenvalue weighted by atomic mass is 16.5. The second kappa shape index (κ2) is 6.90. The molecular formula is C13H23NO2. The first-order valence-electron chi connectivity index (χ1n) is 6.10. The zero-order chi connectivity index (χ0) is 12.0. The Morgan fingerprint density at radius 3 is 2.75 bits per heavy atom. The molecule has 0 aromatic heterocycles. The van der Waals surface area contributed by atoms with Crippen LogP contribution in [-0.4, -0.2) is 38.0 Å². The van der Waals surface area contributed by atoms with Gasteiger partial charge in [-0.3, -0.25) is 0 Å². The number of terminal acetylenes is 1. The summed E-state index contributed by atoms with van der Waals surface area (Å²) in [7, 11) is 1.74. The third-order valence-corrected chi connectivity index (χ3v) is 3.21. The van der Waals surface area contributed by atoms with Gasteiger partial charge in [-0.1, -0.05) is 6.92 Å². The van der Waals surface area contributed by atoms with Crippen LogP contribution in [0.1, 0.15) is 33.1 Å². The van der Waals surface area contributed by atoms with Gasteiger partial charge in [0, 0.05) is 32.2 Å². The maximum Gasteiger partial charge on any atom is 0.0986 e. The summed E-state index contributed by atoms with van der Waals surface area (Å²) in [4.78, 5) is 0. The molecule has 0 amide bonds. The van der Waals surface area contributed by atoms with E-state index in [0.29, 0.717) is 12.1 Å². The van der Waals surface area contributed by atoms with Crippen molar-refractivity contribution in [2.75, 3.05) is 13.7 Å². The van der Waals surface area contributed by atoms with Gasteiger partial charge < -0.3 is 14.8 Å². The predicted molar refractivity (Wildman–Crippen MR) is 65.3 cm³/mol. The highest BCUT2D eigenvalue weighted by Gasteiger charge is 2.42. The van der Waals surface area contributed by atoms with Crippen molar-refractivity contribution in [3.05, 3.63) is 0 Å². The van der Waals surface area contributed by atoms with Crippen molar-refractivity contribution in [1.29, 1.82) is 0 Å². The molecule has 1 rings (SSSR count). The van der Waals surface area contributed by atoms with Gasteiger partial charge >= 0.3 is 0 Å². The first-order valence-corrected chi connectivity index (χ1v) is 6.10. The van der Waals surface area contributed by atoms with Gasteiger partial charge in [0.15, 0.2) is 0 Å². The van der Waals surface area contributed by atoms with E-state index in [1.807, 2.05) is 6.92 Å². The lowest BCUT2D eigenvalue weighted by Crippen LogP contribution is -2.61. The number of hydrogen-bond donors (Lipinski definition) is 1. The third-order valence-electron chi connectivity index (χ3n) is 3.21. The van der Waals surface area contributed by atoms with Gasteiger partial charge in [0.25, 0.3) is 0 Å². The Balaban J connectivity index is 2.36. The predicted octanol–water partition coefficient (Wildman–Crippen LogP) is 1.57. The highest BCUT2D eigenvalue weighted by molar-refractivity contribution is 5.00. The first-order chi connectivity index (χ1) is 7.76. The monoisotopic (exact) mass is 225 g/mol. The van der Waals surface area contributed by atoms with E-state index in [1.54, 1.807) is 7.11 Å². The quantitative estimate of drug-likeness (QED) is 0.667. The van der Waals surface area contributed by atoms with Crippen molar-refractivity contribution in [2.45, 2.75) is 57.4 Å². The Hall–Kier alpha value is -0.560. The molecule has 0 aromatic carbocycles. The van der Waals surface area contributed by atoms with Gasteiger partial charge in [-0.2, -0.15) is 0 Å². The molecule has 0 aliphatic heterocycles. The molecule has 92 valence electrons. The maximum absolute atomic E-state index is 5.58. The molecule has 1 aliphatic carbocycles. The Morgan fingerprint density at radius 2 is 2.25 bits per heavy atom. The van der Waals surface area contributed by atoms with Crippen LogP contribution >= 0.6 is 0 Å². The topological polar surface area (TPSA) is 30.5 Å². The van der Waals surface area contributed by atoms with Crippen LogP contribution in [0.25, 0.3) is 0 Å². The maximum atomic E-state index is 5.58. The number of hydrogen-bond acceptors (Lipinski definition) is 3. The summed E-state index contributed by atoms with van der Waals surface area (Å²) in [6.07, 6.45) is 8.61. The van der Waals surface area contributed by atoms with Gasteiger partial charge in [-0.15, -0.1) is 12.3 Å². The fourth-order valence-electron chi connectivity index (χ4n) is 2.20. The second-order valence-electron chi connectivity index (χ2n) is 4.22. The molecule has 16 heavy (non-hydrogen) atoms. The van der Waals surface area contributed by atoms with E-state index in [9.17, 15) is 0 Å². The van der Waals surface area contributed by atoms with Gasteiger partial charge in [-0.05, 0) is 19.8 Å². The van der Waals surface area contributed by atoms with Crippen LogP contribution in [0.15, 0.2) is 0 Å². The van der Waals surface area contributed by atoms with E-state index in [-0.39, 0.29) is 12.2 Å². The van der Waals surface area contributed by atoms with Crippen LogP contribution in [-0.2, 0) is 9.47 Å². The zero-order valence-electron chi connectivity index (χ0n) is 10.5. The Bertz CT molecular complexity index is 237. The fraction of sp³-hybridized carbons (Fsp3) is 0.846. The van der Waals surface area contributed by atoms with Crippen LogP contribution in [0.5, 0.6) is 0 Å². The van der Waals surface area contributed by atoms with E-state index in [0.717, 1.165) is 25.9 Å². The van der Waals surface area contributed by atoms with E-state index < -0.39 is 0 Å². The fourth-order valence-corrected chi connectivity index (χ4v) is 2.20. The Labute approximate surface area is 98.9 Å². The molecule has 0 heterocycles. The molecule has 4 atom stereocenters. The van der Waals surface area contributed by atoms with Crippen LogP contribution in [0.4, 0.5) is 0 Å². The second-order valence-corrected chi connectivity index (χ2v) is 4.22. The number of rotatable bonds is 7. The number of methoxy groups -OCH3 is 1. The molecule has 3 nitrogen and oxygen atoms in total. The van der Waals surface area contributed by atoms with Crippen molar-refractivity contribution in [3.63, 3.8) is 0 Å². The lowest BCUT2D eigenvalue weighted by molar-refractivity contribution is -0.133. The molecule has 1 saturated carbocycles. The minimum Gasteiger partial charge on any atom is -0.377 e. The molecular weight excluding hydrogens is 202 g/mol. The van der Waals surface area contributed by atoms with Crippen molar-refractivity contribution < 1.29 is 9.47 Å². The normalized spacial score (nSPS) is 30.5. The average Bonchev–Trinajstić information content (AvgIpc) is 2.26. The molecule has 0 bridgehead atoms. The van der Waals surface area contributed by atoms with E-state index in [1.165, 1.54) is 0 Å². The largest absolute Gasteiger partial charge is 0.377 e. The number of ether oxygens (including phenoxy) is 2. The smallest absolute Gasteiger partial charge is 0.0986 e. The van der Waals surface area contributed by atoms with Crippen LogP contribution in [0.3, 0.4) is 0 Å². The van der Waals surface area contributed by atoms with Gasteiger partial charge in [0.1, 0.15) is 0 Å². The highest BCUT2D eigenvalue weighted by Crippen LogP contribution is 2.27. The van der Waals surface area contributed by atoms with Crippen molar-refractivity contribution in [3.8, 4) is 12.3 Å². The van der Waals surface area contributed by atoms with Crippen LogP contribution in [0.2, 0.25) is 0 Å². The minimum atomic E-state index is 0.173. The molecule has 0 radical (unpaired) electrons. The summed E-state index contributed by atoms with van der Waals surface area (Å²) in [5.74, 6) is 2.71. The van der Waals surface area contributed by atoms with Crippen molar-refractivity contribution in [2.24, 2.45) is 0 Å². The van der Waals surface area contributed by atoms with Gasteiger partial charge in [-0.25, -0.2) is 0 Å². The minimum absolute atomic E-state index is 0.173. The summed E-state index contributed by atoms with van der Waals surface area (Å²) >= 11 is 0. The van der Waals surface area contributed by atoms with Gasteiger partial charge in [0.2, 0.25) is 0 Å². The molecule has 1 N–H and O–H groups in total. The standard InChI is InChI=1S/C13H23NO2/c1-5-8-10(6-2)14-11-9-12(16-7-3)13(11)15-4/h1,10-14H,6-9H2,2-4H3. The molecule has 0 spiro atoms. The number of nitrogens with one attached hydrogen (secondary N) is 1. The van der Waals surface area contributed by atoms with Gasteiger partial charge in [0.05, 0.1) is 12.2 Å². The molecule has 4 unspecified atom stereocenters. The Morgan fingerprint density at radius 1 is 1.50 bits per heavy atom. The molecule has 0 aromatic rings. The summed E-state index contributed by atoms with van der Waals surface area (Å²) in [6.45, 7) is 4.91. The van der Waals surface area contributed by atoms with E-state index in [2.05, 4.69) is 18.2 Å². The Kier molecular flexibility index (Phi) is 5.83. The third kappa shape index (κ3) is 3.21. The lowest BCUT2D eigenvalue weighted by Gasteiger charge is -2.44. The van der Waals surface area contributed by atoms with Crippen LogP contribution in [0, 0.1) is 12.3 Å². The first kappa shape index (κ1) is 13.5. The van der Waals surface area contributed by atoms with Crippen LogP contribution < -0.4 is 5.32 Å². The van der Waals surface area contributed by atoms with Crippen molar-refractivity contribution in [1.82, 2.24) is 5.32 Å². The molecule has 1 fully saturated rings. The molecule has 1 aliphatic rings. The zero-order valence-corrected chi connectivity index (χ0v) is 10.5. The van der Waals surface area contributed by atoms with E-state index >= 15 is 0 Å². The summed E-state index contributed by atoms with van der Waals surface area (Å²) < 4.78 is 11.0. The van der Waals surface area contributed by atoms with E-state index in [4.69, 9.17) is 15.9 Å². The summed E-state index contributed by atoms with van der Waals surface area (Å²) in [5, 5.41) is 3.55. The SMILES string of the molecule is C#CCC(CC)NC1CC(OCC)C1OC.